The highest BCUT2D eigenvalue weighted by Gasteiger charge is 2.19. The van der Waals surface area contributed by atoms with E-state index in [9.17, 15) is 14.4 Å². The molecule has 1 aromatic heterocycles. The number of rotatable bonds is 7. The van der Waals surface area contributed by atoms with Crippen molar-refractivity contribution in [3.8, 4) is 6.07 Å². The third-order valence-corrected chi connectivity index (χ3v) is 5.09. The Morgan fingerprint density at radius 2 is 2.03 bits per heavy atom. The Balaban J connectivity index is 1.78. The Morgan fingerprint density at radius 3 is 2.72 bits per heavy atom. The number of carbonyl (C=O) groups excluding carboxylic acids is 2. The zero-order chi connectivity index (χ0) is 23.3. The molecule has 0 aliphatic rings. The normalized spacial score (nSPS) is 10.6. The second-order valence-corrected chi connectivity index (χ2v) is 7.40. The number of aryl methyl sites for hydroxylation is 2. The van der Waals surface area contributed by atoms with Crippen molar-refractivity contribution >= 4 is 40.2 Å². The fraction of sp³-hybridized carbons (Fsp3) is 0.261. The second kappa shape index (κ2) is 10.1. The van der Waals surface area contributed by atoms with Gasteiger partial charge in [0.25, 0.3) is 11.5 Å². The number of nitrogens with zero attached hydrogens (tertiary/aromatic N) is 4. The van der Waals surface area contributed by atoms with Gasteiger partial charge in [0.1, 0.15) is 5.69 Å². The first-order valence-corrected chi connectivity index (χ1v) is 10.3. The molecule has 0 aliphatic heterocycles. The smallest absolute Gasteiger partial charge is 0.338 e. The van der Waals surface area contributed by atoms with E-state index in [1.165, 1.54) is 17.0 Å². The summed E-state index contributed by atoms with van der Waals surface area (Å²) >= 11 is 6.01. The summed E-state index contributed by atoms with van der Waals surface area (Å²) in [6.07, 6.45) is 0.112. The highest BCUT2D eigenvalue weighted by molar-refractivity contribution is 6.30. The summed E-state index contributed by atoms with van der Waals surface area (Å²) in [5.74, 6) is -1.18. The summed E-state index contributed by atoms with van der Waals surface area (Å²) in [5.41, 5.74) is 1.97. The minimum absolute atomic E-state index is 0.112. The molecule has 1 amide bonds. The van der Waals surface area contributed by atoms with Gasteiger partial charge in [0.2, 0.25) is 0 Å². The van der Waals surface area contributed by atoms with E-state index in [0.29, 0.717) is 34.0 Å². The van der Waals surface area contributed by atoms with Gasteiger partial charge in [-0.15, -0.1) is 0 Å². The summed E-state index contributed by atoms with van der Waals surface area (Å²) in [7, 11) is 0. The van der Waals surface area contributed by atoms with Gasteiger partial charge in [-0.05, 0) is 50.2 Å². The summed E-state index contributed by atoms with van der Waals surface area (Å²) in [6.45, 7) is 3.57. The van der Waals surface area contributed by atoms with Crippen LogP contribution in [0.2, 0.25) is 5.02 Å². The van der Waals surface area contributed by atoms with Crippen LogP contribution in [0.15, 0.2) is 47.3 Å². The number of hydrogen-bond acceptors (Lipinski definition) is 6. The van der Waals surface area contributed by atoms with Crippen LogP contribution in [-0.4, -0.2) is 34.6 Å². The van der Waals surface area contributed by atoms with Crippen LogP contribution >= 0.6 is 11.6 Å². The highest BCUT2D eigenvalue weighted by atomic mass is 35.5. The molecule has 0 unspecified atom stereocenters. The third kappa shape index (κ3) is 4.95. The first kappa shape index (κ1) is 23.0. The highest BCUT2D eigenvalue weighted by Crippen LogP contribution is 2.20. The first-order valence-electron chi connectivity index (χ1n) is 9.97. The molecule has 0 radical (unpaired) electrons. The van der Waals surface area contributed by atoms with Crippen LogP contribution in [0.3, 0.4) is 0 Å². The average molecular weight is 453 g/mol. The molecule has 164 valence electrons. The van der Waals surface area contributed by atoms with E-state index in [1.54, 1.807) is 41.8 Å². The van der Waals surface area contributed by atoms with Crippen LogP contribution in [0.25, 0.3) is 11.0 Å². The molecular formula is C23H21ClN4O4. The molecule has 2 aromatic carbocycles. The zero-order valence-electron chi connectivity index (χ0n) is 17.7. The van der Waals surface area contributed by atoms with Gasteiger partial charge in [-0.25, -0.2) is 9.78 Å². The maximum absolute atomic E-state index is 12.7. The van der Waals surface area contributed by atoms with Crippen molar-refractivity contribution in [2.45, 2.75) is 26.8 Å². The topological polar surface area (TPSA) is 105 Å². The monoisotopic (exact) mass is 452 g/mol. The molecule has 3 aromatic rings. The van der Waals surface area contributed by atoms with Gasteiger partial charge in [0.05, 0.1) is 29.1 Å². The molecule has 8 nitrogen and oxygen atoms in total. The standard InChI is InChI=1S/C23H21ClN4O4/c1-3-27-20-9-8-16(12-19(20)26-15(2)22(27)30)23(31)32-14-21(29)28(11-5-10-25)18-7-4-6-17(24)13-18/h4,6-9,12-13H,3,5,11,14H2,1-2H3. The lowest BCUT2D eigenvalue weighted by molar-refractivity contribution is -0.121. The molecule has 0 fully saturated rings. The molecule has 0 saturated carbocycles. The molecule has 0 aliphatic carbocycles. The summed E-state index contributed by atoms with van der Waals surface area (Å²) < 4.78 is 6.80. The van der Waals surface area contributed by atoms with Gasteiger partial charge in [-0.2, -0.15) is 5.26 Å². The summed E-state index contributed by atoms with van der Waals surface area (Å²) in [4.78, 5) is 43.1. The summed E-state index contributed by atoms with van der Waals surface area (Å²) in [6, 6.07) is 13.3. The van der Waals surface area contributed by atoms with E-state index in [0.717, 1.165) is 0 Å². The van der Waals surface area contributed by atoms with Gasteiger partial charge >= 0.3 is 5.97 Å². The van der Waals surface area contributed by atoms with E-state index in [2.05, 4.69) is 4.98 Å². The number of benzene rings is 2. The average Bonchev–Trinajstić information content (AvgIpc) is 2.78. The molecule has 1 heterocycles. The predicted octanol–water partition coefficient (Wildman–Crippen LogP) is 3.48. The van der Waals surface area contributed by atoms with Crippen molar-refractivity contribution < 1.29 is 14.3 Å². The van der Waals surface area contributed by atoms with E-state index in [-0.39, 0.29) is 24.1 Å². The van der Waals surface area contributed by atoms with E-state index < -0.39 is 18.5 Å². The van der Waals surface area contributed by atoms with Gasteiger partial charge in [-0.3, -0.25) is 9.59 Å². The number of hydrogen-bond donors (Lipinski definition) is 0. The third-order valence-electron chi connectivity index (χ3n) is 4.86. The lowest BCUT2D eigenvalue weighted by atomic mass is 10.2. The fourth-order valence-electron chi connectivity index (χ4n) is 3.31. The van der Waals surface area contributed by atoms with Gasteiger partial charge in [0.15, 0.2) is 6.61 Å². The van der Waals surface area contributed by atoms with Crippen molar-refractivity contribution in [3.05, 3.63) is 69.1 Å². The van der Waals surface area contributed by atoms with Crippen LogP contribution in [-0.2, 0) is 16.1 Å². The van der Waals surface area contributed by atoms with Crippen LogP contribution in [0.1, 0.15) is 29.4 Å². The van der Waals surface area contributed by atoms with Crippen LogP contribution in [0, 0.1) is 18.3 Å². The zero-order valence-corrected chi connectivity index (χ0v) is 18.4. The van der Waals surface area contributed by atoms with Gasteiger partial charge in [-0.1, -0.05) is 17.7 Å². The van der Waals surface area contributed by atoms with E-state index in [4.69, 9.17) is 21.6 Å². The minimum Gasteiger partial charge on any atom is -0.452 e. The van der Waals surface area contributed by atoms with Crippen molar-refractivity contribution in [3.63, 3.8) is 0 Å². The number of aromatic nitrogens is 2. The maximum atomic E-state index is 12.7. The molecule has 0 N–H and O–H groups in total. The lowest BCUT2D eigenvalue weighted by Crippen LogP contribution is -2.35. The Kier molecular flexibility index (Phi) is 7.23. The largest absolute Gasteiger partial charge is 0.452 e. The number of halogens is 1. The molecule has 9 heteroatoms. The van der Waals surface area contributed by atoms with Crippen LogP contribution in [0.4, 0.5) is 5.69 Å². The van der Waals surface area contributed by atoms with Crippen LogP contribution in [0.5, 0.6) is 0 Å². The molecule has 0 saturated heterocycles. The van der Waals surface area contributed by atoms with Crippen molar-refractivity contribution in [1.82, 2.24) is 9.55 Å². The summed E-state index contributed by atoms with van der Waals surface area (Å²) in [5, 5.41) is 9.34. The fourth-order valence-corrected chi connectivity index (χ4v) is 3.49. The number of ether oxygens (including phenoxy) is 1. The number of amides is 1. The number of carbonyl (C=O) groups is 2. The number of nitriles is 1. The Morgan fingerprint density at radius 1 is 1.25 bits per heavy atom. The quantitative estimate of drug-likeness (QED) is 0.508. The Bertz CT molecular complexity index is 1280. The molecule has 3 rings (SSSR count). The number of esters is 1. The van der Waals surface area contributed by atoms with Crippen molar-refractivity contribution in [2.24, 2.45) is 0 Å². The molecular weight excluding hydrogens is 432 g/mol. The van der Waals surface area contributed by atoms with Crippen LogP contribution < -0.4 is 10.5 Å². The van der Waals surface area contributed by atoms with Crippen molar-refractivity contribution in [1.29, 1.82) is 5.26 Å². The first-order chi connectivity index (χ1) is 15.3. The Hall–Kier alpha value is -3.70. The molecule has 32 heavy (non-hydrogen) atoms. The predicted molar refractivity (Wildman–Crippen MR) is 121 cm³/mol. The lowest BCUT2D eigenvalue weighted by Gasteiger charge is -2.22. The Labute approximate surface area is 189 Å². The SMILES string of the molecule is CCn1c(=O)c(C)nc2cc(C(=O)OCC(=O)N(CCC#N)c3cccc(Cl)c3)ccc21. The van der Waals surface area contributed by atoms with Crippen molar-refractivity contribution in [2.75, 3.05) is 18.1 Å². The van der Waals surface area contributed by atoms with E-state index >= 15 is 0 Å². The minimum atomic E-state index is -0.694. The molecule has 0 spiro atoms. The van der Waals surface area contributed by atoms with Gasteiger partial charge < -0.3 is 14.2 Å². The van der Waals surface area contributed by atoms with E-state index in [1.807, 2.05) is 13.0 Å². The second-order valence-electron chi connectivity index (χ2n) is 6.96. The number of fused-ring (bicyclic) bond motifs is 1. The van der Waals surface area contributed by atoms with Gasteiger partial charge in [0, 0.05) is 23.8 Å². The number of anilines is 1. The maximum Gasteiger partial charge on any atom is 0.338 e. The molecule has 0 atom stereocenters. The molecule has 0 bridgehead atoms.